The zero-order valence-electron chi connectivity index (χ0n) is 20.0. The van der Waals surface area contributed by atoms with E-state index in [1.54, 1.807) is 6.07 Å². The smallest absolute Gasteiger partial charge is 0.267 e. The molecular formula is C26H28N8O2. The lowest BCUT2D eigenvalue weighted by atomic mass is 10.00. The second kappa shape index (κ2) is 9.19. The number of piperazine rings is 1. The average Bonchev–Trinajstić information content (AvgIpc) is 3.29. The number of likely N-dealkylation sites (tertiary alicyclic amines) is 1. The highest BCUT2D eigenvalue weighted by Crippen LogP contribution is 2.22. The van der Waals surface area contributed by atoms with Crippen LogP contribution in [0.4, 0.5) is 5.82 Å². The molecule has 2 saturated heterocycles. The van der Waals surface area contributed by atoms with Gasteiger partial charge >= 0.3 is 0 Å². The number of primary amides is 1. The van der Waals surface area contributed by atoms with E-state index < -0.39 is 5.91 Å². The van der Waals surface area contributed by atoms with E-state index in [1.165, 1.54) is 0 Å². The van der Waals surface area contributed by atoms with Gasteiger partial charge in [-0.05, 0) is 30.3 Å². The molecule has 0 saturated carbocycles. The number of benzene rings is 1. The van der Waals surface area contributed by atoms with Crippen LogP contribution >= 0.6 is 0 Å². The monoisotopic (exact) mass is 484 g/mol. The Kier molecular flexibility index (Phi) is 5.73. The van der Waals surface area contributed by atoms with Crippen molar-refractivity contribution in [1.29, 1.82) is 0 Å². The minimum atomic E-state index is -0.524. The number of rotatable bonds is 6. The number of aromatic nitrogens is 4. The van der Waals surface area contributed by atoms with Crippen molar-refractivity contribution >= 4 is 39.7 Å². The predicted molar refractivity (Wildman–Crippen MR) is 137 cm³/mol. The van der Waals surface area contributed by atoms with Crippen molar-refractivity contribution in [3.8, 4) is 0 Å². The van der Waals surface area contributed by atoms with Crippen LogP contribution in [0.1, 0.15) is 10.5 Å². The van der Waals surface area contributed by atoms with Gasteiger partial charge in [0.1, 0.15) is 17.2 Å². The summed E-state index contributed by atoms with van der Waals surface area (Å²) in [7, 11) is 0. The van der Waals surface area contributed by atoms with Crippen molar-refractivity contribution in [1.82, 2.24) is 29.3 Å². The number of amides is 2. The average molecular weight is 485 g/mol. The number of fused-ring (bicyclic) bond motifs is 2. The Morgan fingerprint density at radius 2 is 1.72 bits per heavy atom. The molecule has 5 heterocycles. The van der Waals surface area contributed by atoms with E-state index in [2.05, 4.69) is 24.3 Å². The van der Waals surface area contributed by atoms with Crippen molar-refractivity contribution in [2.45, 2.75) is 6.54 Å². The van der Waals surface area contributed by atoms with Crippen LogP contribution in [0.2, 0.25) is 0 Å². The summed E-state index contributed by atoms with van der Waals surface area (Å²) in [5, 5.41) is 0.986. The van der Waals surface area contributed by atoms with Crippen LogP contribution in [0.25, 0.3) is 22.1 Å². The third-order valence-corrected chi connectivity index (χ3v) is 7.10. The molecule has 0 spiro atoms. The van der Waals surface area contributed by atoms with Crippen molar-refractivity contribution in [3.05, 3.63) is 60.6 Å². The first kappa shape index (κ1) is 22.4. The van der Waals surface area contributed by atoms with Gasteiger partial charge in [-0.1, -0.05) is 12.1 Å². The third kappa shape index (κ3) is 4.35. The van der Waals surface area contributed by atoms with Gasteiger partial charge in [-0.2, -0.15) is 0 Å². The molecule has 4 aromatic rings. The first-order valence-electron chi connectivity index (χ1n) is 12.3. The molecule has 2 aliphatic heterocycles. The van der Waals surface area contributed by atoms with Crippen LogP contribution in [0.3, 0.4) is 0 Å². The standard InChI is InChI=1S/C26H28N8O2/c27-25(36)22-6-5-19-7-8-34(26(19)30-22)16-18-14-31(15-18)17-24(35)33-11-9-32(10-12-33)23-13-28-20-3-1-2-4-21(20)29-23/h1-8,13,18H,9-12,14-17H2,(H2,27,36). The van der Waals surface area contributed by atoms with Gasteiger partial charge < -0.3 is 20.1 Å². The number of carbonyl (C=O) groups is 2. The number of nitrogens with zero attached hydrogens (tertiary/aromatic N) is 7. The van der Waals surface area contributed by atoms with Gasteiger partial charge in [0.25, 0.3) is 5.91 Å². The second-order valence-electron chi connectivity index (χ2n) is 9.59. The molecule has 0 aliphatic carbocycles. The van der Waals surface area contributed by atoms with E-state index in [-0.39, 0.29) is 11.6 Å². The predicted octanol–water partition coefficient (Wildman–Crippen LogP) is 1.36. The van der Waals surface area contributed by atoms with E-state index >= 15 is 0 Å². The lowest BCUT2D eigenvalue weighted by Crippen LogP contribution is -2.55. The van der Waals surface area contributed by atoms with Crippen molar-refractivity contribution in [2.24, 2.45) is 11.7 Å². The Morgan fingerprint density at radius 1 is 0.944 bits per heavy atom. The topological polar surface area (TPSA) is 113 Å². The highest BCUT2D eigenvalue weighted by molar-refractivity contribution is 5.93. The molecule has 2 aliphatic rings. The van der Waals surface area contributed by atoms with Crippen LogP contribution in [0, 0.1) is 5.92 Å². The Hall–Kier alpha value is -4.05. The summed E-state index contributed by atoms with van der Waals surface area (Å²) in [5.74, 6) is 0.956. The normalized spacial score (nSPS) is 17.0. The number of hydrogen-bond donors (Lipinski definition) is 1. The number of anilines is 1. The maximum atomic E-state index is 12.9. The van der Waals surface area contributed by atoms with E-state index in [0.29, 0.717) is 25.6 Å². The summed E-state index contributed by atoms with van der Waals surface area (Å²) in [6.07, 6.45) is 3.81. The van der Waals surface area contributed by atoms with Crippen LogP contribution in [0.15, 0.2) is 54.9 Å². The summed E-state index contributed by atoms with van der Waals surface area (Å²) in [4.78, 5) is 44.4. The highest BCUT2D eigenvalue weighted by Gasteiger charge is 2.31. The lowest BCUT2D eigenvalue weighted by Gasteiger charge is -2.41. The van der Waals surface area contributed by atoms with Gasteiger partial charge in [0.2, 0.25) is 5.91 Å². The molecular weight excluding hydrogens is 456 g/mol. The number of pyridine rings is 1. The number of para-hydroxylation sites is 2. The highest BCUT2D eigenvalue weighted by atomic mass is 16.2. The quantitative estimate of drug-likeness (QED) is 0.440. The van der Waals surface area contributed by atoms with Crippen LogP contribution in [-0.2, 0) is 11.3 Å². The number of hydrogen-bond acceptors (Lipinski definition) is 7. The molecule has 6 rings (SSSR count). The molecule has 1 aromatic carbocycles. The fourth-order valence-electron chi connectivity index (χ4n) is 5.12. The maximum Gasteiger partial charge on any atom is 0.267 e. The Morgan fingerprint density at radius 3 is 2.50 bits per heavy atom. The second-order valence-corrected chi connectivity index (χ2v) is 9.59. The lowest BCUT2D eigenvalue weighted by molar-refractivity contribution is -0.134. The Balaban J connectivity index is 0.988. The molecule has 3 aromatic heterocycles. The molecule has 184 valence electrons. The molecule has 0 bridgehead atoms. The largest absolute Gasteiger partial charge is 0.364 e. The fourth-order valence-corrected chi connectivity index (χ4v) is 5.12. The van der Waals surface area contributed by atoms with E-state index in [4.69, 9.17) is 10.7 Å². The molecule has 0 atom stereocenters. The molecule has 2 N–H and O–H groups in total. The summed E-state index contributed by atoms with van der Waals surface area (Å²) in [6.45, 7) is 5.87. The molecule has 10 nitrogen and oxygen atoms in total. The minimum absolute atomic E-state index is 0.178. The van der Waals surface area contributed by atoms with Crippen molar-refractivity contribution in [2.75, 3.05) is 50.7 Å². The summed E-state index contributed by atoms with van der Waals surface area (Å²) in [5.41, 5.74) is 8.21. The minimum Gasteiger partial charge on any atom is -0.364 e. The Labute approximate surface area is 208 Å². The summed E-state index contributed by atoms with van der Waals surface area (Å²) < 4.78 is 2.07. The third-order valence-electron chi connectivity index (χ3n) is 7.10. The van der Waals surface area contributed by atoms with Crippen molar-refractivity contribution < 1.29 is 9.59 Å². The van der Waals surface area contributed by atoms with Gasteiger partial charge in [0, 0.05) is 63.3 Å². The summed E-state index contributed by atoms with van der Waals surface area (Å²) in [6, 6.07) is 13.4. The van der Waals surface area contributed by atoms with Crippen LogP contribution in [0.5, 0.6) is 0 Å². The molecule has 0 unspecified atom stereocenters. The van der Waals surface area contributed by atoms with Gasteiger partial charge in [0.05, 0.1) is 23.8 Å². The fraction of sp³-hybridized carbons (Fsp3) is 0.346. The molecule has 0 radical (unpaired) electrons. The molecule has 2 fully saturated rings. The molecule has 36 heavy (non-hydrogen) atoms. The van der Waals surface area contributed by atoms with Gasteiger partial charge in [0.15, 0.2) is 0 Å². The van der Waals surface area contributed by atoms with Gasteiger partial charge in [-0.3, -0.25) is 19.5 Å². The van der Waals surface area contributed by atoms with E-state index in [9.17, 15) is 9.59 Å². The molecule has 10 heteroatoms. The number of carbonyl (C=O) groups excluding carboxylic acids is 2. The zero-order valence-corrected chi connectivity index (χ0v) is 20.0. The van der Waals surface area contributed by atoms with Gasteiger partial charge in [-0.25, -0.2) is 9.97 Å². The van der Waals surface area contributed by atoms with E-state index in [1.807, 2.05) is 53.7 Å². The maximum absolute atomic E-state index is 12.9. The first-order valence-corrected chi connectivity index (χ1v) is 12.3. The van der Waals surface area contributed by atoms with Crippen molar-refractivity contribution in [3.63, 3.8) is 0 Å². The van der Waals surface area contributed by atoms with Crippen LogP contribution in [-0.4, -0.2) is 86.9 Å². The molecule has 2 amide bonds. The Bertz CT molecular complexity index is 1440. The van der Waals surface area contributed by atoms with Crippen LogP contribution < -0.4 is 10.6 Å². The van der Waals surface area contributed by atoms with Gasteiger partial charge in [-0.15, -0.1) is 0 Å². The first-order chi connectivity index (χ1) is 17.5. The SMILES string of the molecule is NC(=O)c1ccc2ccn(CC3CN(CC(=O)N4CCN(c5cnc6ccccc6n5)CC4)C3)c2n1. The van der Waals surface area contributed by atoms with E-state index in [0.717, 1.165) is 60.6 Å². The number of nitrogens with two attached hydrogens (primary N) is 1. The zero-order chi connectivity index (χ0) is 24.6. The summed E-state index contributed by atoms with van der Waals surface area (Å²) >= 11 is 0.